The topological polar surface area (TPSA) is 24.9 Å². The molecule has 0 bridgehead atoms. The second kappa shape index (κ2) is 5.17. The van der Waals surface area contributed by atoms with Crippen molar-refractivity contribution in [3.63, 3.8) is 0 Å². The molecule has 0 saturated heterocycles. The van der Waals surface area contributed by atoms with Gasteiger partial charge in [0.15, 0.2) is 0 Å². The SMILES string of the molecule is Cc1cc(Br)cnc1NCc1ccc(Cl)s1. The van der Waals surface area contributed by atoms with E-state index in [1.807, 2.05) is 25.1 Å². The van der Waals surface area contributed by atoms with Crippen molar-refractivity contribution in [3.05, 3.63) is 43.6 Å². The Morgan fingerprint density at radius 2 is 2.31 bits per heavy atom. The number of nitrogens with one attached hydrogen (secondary N) is 1. The summed E-state index contributed by atoms with van der Waals surface area (Å²) < 4.78 is 1.81. The molecule has 0 spiro atoms. The fourth-order valence-corrected chi connectivity index (χ4v) is 2.82. The van der Waals surface area contributed by atoms with E-state index in [1.54, 1.807) is 17.5 Å². The summed E-state index contributed by atoms with van der Waals surface area (Å²) in [6.45, 7) is 2.79. The Bertz CT molecular complexity index is 498. The molecule has 1 N–H and O–H groups in total. The number of rotatable bonds is 3. The molecule has 0 unspecified atom stereocenters. The Hall–Kier alpha value is -0.580. The Morgan fingerprint density at radius 3 is 2.94 bits per heavy atom. The van der Waals surface area contributed by atoms with Crippen molar-refractivity contribution in [3.8, 4) is 0 Å². The van der Waals surface area contributed by atoms with Gasteiger partial charge in [0, 0.05) is 15.5 Å². The van der Waals surface area contributed by atoms with Gasteiger partial charge in [-0.05, 0) is 46.6 Å². The van der Waals surface area contributed by atoms with Crippen LogP contribution in [0.1, 0.15) is 10.4 Å². The first-order valence-corrected chi connectivity index (χ1v) is 6.74. The van der Waals surface area contributed by atoms with Crippen LogP contribution in [-0.4, -0.2) is 4.98 Å². The van der Waals surface area contributed by atoms with Gasteiger partial charge in [-0.25, -0.2) is 4.98 Å². The van der Waals surface area contributed by atoms with Gasteiger partial charge in [0.1, 0.15) is 5.82 Å². The number of thiophene rings is 1. The molecule has 2 aromatic rings. The van der Waals surface area contributed by atoms with Gasteiger partial charge in [0.05, 0.1) is 10.9 Å². The smallest absolute Gasteiger partial charge is 0.129 e. The van der Waals surface area contributed by atoms with E-state index in [4.69, 9.17) is 11.6 Å². The zero-order valence-electron chi connectivity index (χ0n) is 8.63. The van der Waals surface area contributed by atoms with Gasteiger partial charge >= 0.3 is 0 Å². The maximum Gasteiger partial charge on any atom is 0.129 e. The van der Waals surface area contributed by atoms with Crippen LogP contribution >= 0.6 is 38.9 Å². The number of anilines is 1. The van der Waals surface area contributed by atoms with Crippen LogP contribution in [0.3, 0.4) is 0 Å². The standard InChI is InChI=1S/C11H10BrClN2S/c1-7-4-8(12)5-14-11(7)15-6-9-2-3-10(13)16-9/h2-5H,6H2,1H3,(H,14,15). The van der Waals surface area contributed by atoms with Crippen LogP contribution in [0.5, 0.6) is 0 Å². The fraction of sp³-hybridized carbons (Fsp3) is 0.182. The van der Waals surface area contributed by atoms with Crippen molar-refractivity contribution in [1.29, 1.82) is 0 Å². The van der Waals surface area contributed by atoms with E-state index in [0.717, 1.165) is 26.7 Å². The quantitative estimate of drug-likeness (QED) is 0.903. The van der Waals surface area contributed by atoms with Gasteiger partial charge in [0.2, 0.25) is 0 Å². The van der Waals surface area contributed by atoms with Gasteiger partial charge in [-0.15, -0.1) is 11.3 Å². The van der Waals surface area contributed by atoms with Gasteiger partial charge in [-0.2, -0.15) is 0 Å². The molecule has 0 aliphatic rings. The Labute approximate surface area is 112 Å². The number of halogens is 2. The van der Waals surface area contributed by atoms with Gasteiger partial charge < -0.3 is 5.32 Å². The van der Waals surface area contributed by atoms with Crippen molar-refractivity contribution in [2.45, 2.75) is 13.5 Å². The third-order valence-electron chi connectivity index (χ3n) is 2.10. The summed E-state index contributed by atoms with van der Waals surface area (Å²) in [6.07, 6.45) is 1.79. The molecule has 5 heteroatoms. The molecule has 16 heavy (non-hydrogen) atoms. The predicted molar refractivity (Wildman–Crippen MR) is 73.3 cm³/mol. The van der Waals surface area contributed by atoms with E-state index < -0.39 is 0 Å². The minimum absolute atomic E-state index is 0.757. The van der Waals surface area contributed by atoms with Gasteiger partial charge in [0.25, 0.3) is 0 Å². The summed E-state index contributed by atoms with van der Waals surface area (Å²) >= 11 is 10.8. The number of hydrogen-bond donors (Lipinski definition) is 1. The first kappa shape index (κ1) is 11.9. The van der Waals surface area contributed by atoms with Crippen molar-refractivity contribution >= 4 is 44.7 Å². The summed E-state index contributed by atoms with van der Waals surface area (Å²) in [5.41, 5.74) is 1.12. The van der Waals surface area contributed by atoms with Crippen LogP contribution in [0.15, 0.2) is 28.9 Å². The highest BCUT2D eigenvalue weighted by Gasteiger charge is 2.02. The Kier molecular flexibility index (Phi) is 3.84. The number of hydrogen-bond acceptors (Lipinski definition) is 3. The normalized spacial score (nSPS) is 10.4. The minimum Gasteiger partial charge on any atom is -0.365 e. The number of nitrogens with zero attached hydrogens (tertiary/aromatic N) is 1. The van der Waals surface area contributed by atoms with Gasteiger partial charge in [-0.1, -0.05) is 11.6 Å². The highest BCUT2D eigenvalue weighted by atomic mass is 79.9. The monoisotopic (exact) mass is 316 g/mol. The third-order valence-corrected chi connectivity index (χ3v) is 3.77. The molecule has 0 fully saturated rings. The van der Waals surface area contributed by atoms with E-state index >= 15 is 0 Å². The lowest BCUT2D eigenvalue weighted by atomic mass is 10.3. The average molecular weight is 318 g/mol. The molecule has 0 saturated carbocycles. The Morgan fingerprint density at radius 1 is 1.50 bits per heavy atom. The van der Waals surface area contributed by atoms with E-state index in [2.05, 4.69) is 26.2 Å². The summed E-state index contributed by atoms with van der Waals surface area (Å²) in [5.74, 6) is 0.910. The van der Waals surface area contributed by atoms with Crippen molar-refractivity contribution < 1.29 is 0 Å². The highest BCUT2D eigenvalue weighted by Crippen LogP contribution is 2.23. The van der Waals surface area contributed by atoms with Crippen LogP contribution in [0.4, 0.5) is 5.82 Å². The fourth-order valence-electron chi connectivity index (χ4n) is 1.34. The highest BCUT2D eigenvalue weighted by molar-refractivity contribution is 9.10. The second-order valence-corrected chi connectivity index (χ2v) is 6.09. The molecule has 84 valence electrons. The molecule has 0 aliphatic carbocycles. The summed E-state index contributed by atoms with van der Waals surface area (Å²) in [5, 5.41) is 3.29. The lowest BCUT2D eigenvalue weighted by molar-refractivity contribution is 1.12. The maximum atomic E-state index is 5.86. The molecule has 2 heterocycles. The lowest BCUT2D eigenvalue weighted by Gasteiger charge is -2.07. The van der Waals surface area contributed by atoms with Crippen molar-refractivity contribution in [1.82, 2.24) is 4.98 Å². The van der Waals surface area contributed by atoms with Gasteiger partial charge in [-0.3, -0.25) is 0 Å². The second-order valence-electron chi connectivity index (χ2n) is 3.38. The molecule has 0 aliphatic heterocycles. The molecular formula is C11H10BrClN2S. The van der Waals surface area contributed by atoms with E-state index in [9.17, 15) is 0 Å². The molecular weight excluding hydrogens is 308 g/mol. The van der Waals surface area contributed by atoms with Crippen LogP contribution in [0, 0.1) is 6.92 Å². The average Bonchev–Trinajstić information content (AvgIpc) is 2.63. The van der Waals surface area contributed by atoms with Crippen molar-refractivity contribution in [2.24, 2.45) is 0 Å². The number of aryl methyl sites for hydroxylation is 1. The lowest BCUT2D eigenvalue weighted by Crippen LogP contribution is -2.01. The first-order valence-electron chi connectivity index (χ1n) is 4.75. The van der Waals surface area contributed by atoms with E-state index in [-0.39, 0.29) is 0 Å². The molecule has 0 atom stereocenters. The largest absolute Gasteiger partial charge is 0.365 e. The van der Waals surface area contributed by atoms with Crippen LogP contribution < -0.4 is 5.32 Å². The van der Waals surface area contributed by atoms with E-state index in [1.165, 1.54) is 4.88 Å². The molecule has 0 aromatic carbocycles. The molecule has 2 aromatic heterocycles. The maximum absolute atomic E-state index is 5.86. The first-order chi connectivity index (χ1) is 7.65. The molecule has 2 nitrogen and oxygen atoms in total. The summed E-state index contributed by atoms with van der Waals surface area (Å²) in [4.78, 5) is 5.52. The van der Waals surface area contributed by atoms with E-state index in [0.29, 0.717) is 0 Å². The summed E-state index contributed by atoms with van der Waals surface area (Å²) in [7, 11) is 0. The van der Waals surface area contributed by atoms with Crippen LogP contribution in [-0.2, 0) is 6.54 Å². The Balaban J connectivity index is 2.04. The zero-order valence-corrected chi connectivity index (χ0v) is 11.8. The van der Waals surface area contributed by atoms with Crippen molar-refractivity contribution in [2.75, 3.05) is 5.32 Å². The molecule has 0 radical (unpaired) electrons. The van der Waals surface area contributed by atoms with Crippen LogP contribution in [0.25, 0.3) is 0 Å². The summed E-state index contributed by atoms with van der Waals surface area (Å²) in [6, 6.07) is 5.97. The number of pyridine rings is 1. The van der Waals surface area contributed by atoms with Crippen LogP contribution in [0.2, 0.25) is 4.34 Å². The molecule has 0 amide bonds. The predicted octanol–water partition coefficient (Wildman–Crippen LogP) is 4.48. The molecule has 2 rings (SSSR count). The third kappa shape index (κ3) is 2.97. The minimum atomic E-state index is 0.757. The zero-order chi connectivity index (χ0) is 11.5. The number of aromatic nitrogens is 1.